The number of hydrogen-bond acceptors (Lipinski definition) is 6. The van der Waals surface area contributed by atoms with Gasteiger partial charge in [-0.3, -0.25) is 9.59 Å². The maximum Gasteiger partial charge on any atom is 0.255 e. The van der Waals surface area contributed by atoms with Crippen molar-refractivity contribution in [3.63, 3.8) is 0 Å². The number of aromatic nitrogens is 2. The molecule has 43 heavy (non-hydrogen) atoms. The number of nitrogens with zero attached hydrogens (tertiary/aromatic N) is 2. The van der Waals surface area contributed by atoms with Crippen molar-refractivity contribution in [2.24, 2.45) is 0 Å². The fourth-order valence-corrected chi connectivity index (χ4v) is 5.28. The predicted molar refractivity (Wildman–Crippen MR) is 157 cm³/mol. The van der Waals surface area contributed by atoms with Crippen molar-refractivity contribution in [3.8, 4) is 28.2 Å². The molecule has 6 rings (SSSR count). The van der Waals surface area contributed by atoms with Gasteiger partial charge in [0.25, 0.3) is 11.8 Å². The van der Waals surface area contributed by atoms with E-state index in [9.17, 15) is 14.0 Å². The zero-order chi connectivity index (χ0) is 30.5. The van der Waals surface area contributed by atoms with Gasteiger partial charge >= 0.3 is 0 Å². The molecule has 0 bridgehead atoms. The van der Waals surface area contributed by atoms with E-state index in [4.69, 9.17) is 9.15 Å². The van der Waals surface area contributed by atoms with Crippen LogP contribution in [0, 0.1) is 25.5 Å². The summed E-state index contributed by atoms with van der Waals surface area (Å²) in [4.78, 5) is 35.5. The minimum Gasteiger partial charge on any atom is -0.496 e. The van der Waals surface area contributed by atoms with Crippen LogP contribution in [0.5, 0.6) is 5.75 Å². The molecule has 1 fully saturated rings. The first-order valence-corrected chi connectivity index (χ1v) is 13.7. The summed E-state index contributed by atoms with van der Waals surface area (Å²) in [5.74, 6) is -1.14. The topological polar surface area (TPSA) is 106 Å². The summed E-state index contributed by atoms with van der Waals surface area (Å²) in [7, 11) is 2.90. The van der Waals surface area contributed by atoms with Crippen LogP contribution in [-0.4, -0.2) is 35.9 Å². The molecule has 2 amide bonds. The van der Waals surface area contributed by atoms with E-state index in [-0.39, 0.29) is 33.4 Å². The molecule has 0 atom stereocenters. The predicted octanol–water partition coefficient (Wildman–Crippen LogP) is 6.24. The van der Waals surface area contributed by atoms with Crippen molar-refractivity contribution >= 4 is 22.8 Å². The Labute approximate surface area is 246 Å². The van der Waals surface area contributed by atoms with Crippen molar-refractivity contribution in [1.29, 1.82) is 0 Å². The number of furan rings is 1. The Hall–Kier alpha value is -5.12. The van der Waals surface area contributed by atoms with E-state index in [1.54, 1.807) is 43.6 Å². The summed E-state index contributed by atoms with van der Waals surface area (Å²) in [6, 6.07) is 11.8. The lowest BCUT2D eigenvalue weighted by Gasteiger charge is -2.19. The highest BCUT2D eigenvalue weighted by Crippen LogP contribution is 2.45. The molecule has 1 saturated carbocycles. The van der Waals surface area contributed by atoms with E-state index < -0.39 is 29.0 Å². The van der Waals surface area contributed by atoms with E-state index in [0.29, 0.717) is 41.1 Å². The molecule has 218 valence electrons. The SMILES string of the molecule is CNC(=O)c1c(-c2ccc(F)cc2)oc2ccc(-c3cc(C(=O)NC4(c5ncc(C)cn5)CC4)c(OC)cc3C)c(F)c12. The Morgan fingerprint density at radius 1 is 0.953 bits per heavy atom. The fraction of sp³-hybridized carbons (Fsp3) is 0.212. The summed E-state index contributed by atoms with van der Waals surface area (Å²) in [5.41, 5.74) is 2.26. The Morgan fingerprint density at radius 2 is 1.65 bits per heavy atom. The second kappa shape index (κ2) is 10.6. The van der Waals surface area contributed by atoms with Crippen LogP contribution in [0.15, 0.2) is 65.3 Å². The van der Waals surface area contributed by atoms with Crippen molar-refractivity contribution in [2.45, 2.75) is 32.2 Å². The van der Waals surface area contributed by atoms with E-state index in [1.165, 1.54) is 38.4 Å². The van der Waals surface area contributed by atoms with E-state index >= 15 is 4.39 Å². The maximum absolute atomic E-state index is 16.5. The first-order chi connectivity index (χ1) is 20.7. The fourth-order valence-electron chi connectivity index (χ4n) is 5.28. The van der Waals surface area contributed by atoms with Crippen molar-refractivity contribution in [3.05, 3.63) is 101 Å². The van der Waals surface area contributed by atoms with Crippen LogP contribution in [-0.2, 0) is 5.54 Å². The molecule has 3 aromatic carbocycles. The number of fused-ring (bicyclic) bond motifs is 1. The van der Waals surface area contributed by atoms with Gasteiger partial charge in [-0.2, -0.15) is 0 Å². The molecular weight excluding hydrogens is 554 g/mol. The normalized spacial score (nSPS) is 13.5. The molecule has 1 aliphatic rings. The minimum atomic E-state index is -0.695. The molecule has 0 aliphatic heterocycles. The summed E-state index contributed by atoms with van der Waals surface area (Å²) in [6.45, 7) is 3.67. The summed E-state index contributed by atoms with van der Waals surface area (Å²) in [6.07, 6.45) is 4.80. The average molecular weight is 583 g/mol. The van der Waals surface area contributed by atoms with E-state index in [0.717, 1.165) is 5.56 Å². The van der Waals surface area contributed by atoms with Gasteiger partial charge in [0.2, 0.25) is 0 Å². The highest BCUT2D eigenvalue weighted by atomic mass is 19.1. The molecule has 0 radical (unpaired) electrons. The number of methoxy groups -OCH3 is 1. The lowest BCUT2D eigenvalue weighted by atomic mass is 9.94. The number of halogens is 2. The van der Waals surface area contributed by atoms with Crippen molar-refractivity contribution < 1.29 is 27.5 Å². The Bertz CT molecular complexity index is 1900. The van der Waals surface area contributed by atoms with E-state index in [2.05, 4.69) is 20.6 Å². The van der Waals surface area contributed by atoms with Crippen LogP contribution in [0.2, 0.25) is 0 Å². The number of aryl methyl sites for hydroxylation is 2. The molecule has 2 N–H and O–H groups in total. The average Bonchev–Trinajstić information content (AvgIpc) is 3.67. The van der Waals surface area contributed by atoms with E-state index in [1.807, 2.05) is 6.92 Å². The smallest absolute Gasteiger partial charge is 0.255 e. The lowest BCUT2D eigenvalue weighted by molar-refractivity contribution is 0.0923. The Balaban J connectivity index is 1.45. The molecule has 1 aliphatic carbocycles. The van der Waals surface area contributed by atoms with Crippen molar-refractivity contribution in [1.82, 2.24) is 20.6 Å². The summed E-state index contributed by atoms with van der Waals surface area (Å²) >= 11 is 0. The molecule has 10 heteroatoms. The van der Waals surface area contributed by atoms with Gasteiger partial charge in [0, 0.05) is 30.6 Å². The van der Waals surface area contributed by atoms with Crippen LogP contribution in [0.3, 0.4) is 0 Å². The largest absolute Gasteiger partial charge is 0.496 e. The molecular formula is C33H28F2N4O4. The third kappa shape index (κ3) is 4.88. The van der Waals surface area contributed by atoms with Crippen LogP contribution in [0.4, 0.5) is 8.78 Å². The lowest BCUT2D eigenvalue weighted by Crippen LogP contribution is -2.36. The molecule has 2 heterocycles. The third-order valence-electron chi connectivity index (χ3n) is 7.75. The minimum absolute atomic E-state index is 0.0126. The number of ether oxygens (including phenoxy) is 1. The summed E-state index contributed by atoms with van der Waals surface area (Å²) < 4.78 is 41.6. The molecule has 5 aromatic rings. The van der Waals surface area contributed by atoms with Crippen LogP contribution in [0.25, 0.3) is 33.4 Å². The monoisotopic (exact) mass is 582 g/mol. The van der Waals surface area contributed by atoms with Gasteiger partial charge in [0.05, 0.1) is 23.6 Å². The molecule has 0 spiro atoms. The second-order valence-electron chi connectivity index (χ2n) is 10.7. The van der Waals surface area contributed by atoms with Gasteiger partial charge in [-0.1, -0.05) is 0 Å². The Kier molecular flexibility index (Phi) is 6.92. The molecule has 0 saturated heterocycles. The van der Waals surface area contributed by atoms with Crippen LogP contribution in [0.1, 0.15) is 50.5 Å². The van der Waals surface area contributed by atoms with Crippen LogP contribution >= 0.6 is 0 Å². The summed E-state index contributed by atoms with van der Waals surface area (Å²) in [5, 5.41) is 5.58. The van der Waals surface area contributed by atoms with Gasteiger partial charge in [-0.05, 0) is 91.9 Å². The number of benzene rings is 3. The maximum atomic E-state index is 16.5. The van der Waals surface area contributed by atoms with Gasteiger partial charge in [0.1, 0.15) is 34.3 Å². The number of hydrogen-bond donors (Lipinski definition) is 2. The van der Waals surface area contributed by atoms with Crippen molar-refractivity contribution in [2.75, 3.05) is 14.2 Å². The number of amides is 2. The number of rotatable bonds is 7. The number of carbonyl (C=O) groups excluding carboxylic acids is 2. The van der Waals surface area contributed by atoms with Gasteiger partial charge in [0.15, 0.2) is 5.82 Å². The second-order valence-corrected chi connectivity index (χ2v) is 10.7. The molecule has 0 unspecified atom stereocenters. The standard InChI is InChI=1S/C33H28F2N4O4/c1-17-15-37-32(38-16-17)33(11-12-33)39-30(40)23-14-22(18(2)13-25(23)42-4)21-9-10-24-26(28(21)35)27(31(41)36-3)29(43-24)19-5-7-20(34)8-6-19/h5-10,13-16H,11-12H2,1-4H3,(H,36,41)(H,39,40). The zero-order valence-corrected chi connectivity index (χ0v) is 24.0. The first kappa shape index (κ1) is 28.0. The highest BCUT2D eigenvalue weighted by molar-refractivity contribution is 6.12. The van der Waals surface area contributed by atoms with Gasteiger partial charge in [-0.25, -0.2) is 18.7 Å². The number of nitrogens with one attached hydrogen (secondary N) is 2. The molecule has 8 nitrogen and oxygen atoms in total. The number of carbonyl (C=O) groups is 2. The first-order valence-electron chi connectivity index (χ1n) is 13.7. The van der Waals surface area contributed by atoms with Gasteiger partial charge < -0.3 is 19.8 Å². The highest BCUT2D eigenvalue weighted by Gasteiger charge is 2.48. The van der Waals surface area contributed by atoms with Crippen LogP contribution < -0.4 is 15.4 Å². The zero-order valence-electron chi connectivity index (χ0n) is 24.0. The van der Waals surface area contributed by atoms with Gasteiger partial charge in [-0.15, -0.1) is 0 Å². The third-order valence-corrected chi connectivity index (χ3v) is 7.75. The quantitative estimate of drug-likeness (QED) is 0.235. The molecule has 2 aromatic heterocycles. The Morgan fingerprint density at radius 3 is 2.28 bits per heavy atom.